The molecule has 0 aromatic rings. The maximum Gasteiger partial charge on any atom is 0.241 e. The van der Waals surface area contributed by atoms with E-state index in [9.17, 15) is 4.79 Å². The average Bonchev–Trinajstić information content (AvgIpc) is 2.61. The fraction of sp³-hybridized carbons (Fsp3) is 0.938. The van der Waals surface area contributed by atoms with E-state index in [4.69, 9.17) is 0 Å². The van der Waals surface area contributed by atoms with Crippen LogP contribution in [0.1, 0.15) is 47.5 Å². The Morgan fingerprint density at radius 3 is 2.25 bits per heavy atom. The van der Waals surface area contributed by atoms with Crippen LogP contribution in [0.15, 0.2) is 0 Å². The molecule has 4 nitrogen and oxygen atoms in total. The van der Waals surface area contributed by atoms with Crippen molar-refractivity contribution in [3.63, 3.8) is 0 Å². The second-order valence-corrected chi connectivity index (χ2v) is 7.09. The minimum atomic E-state index is 0.00200. The second kappa shape index (κ2) is 7.41. The quantitative estimate of drug-likeness (QED) is 0.778. The summed E-state index contributed by atoms with van der Waals surface area (Å²) in [7, 11) is 4.16. The highest BCUT2D eigenvalue weighted by Crippen LogP contribution is 2.25. The first-order valence-electron chi connectivity index (χ1n) is 8.00. The summed E-state index contributed by atoms with van der Waals surface area (Å²) in [6.07, 6.45) is 2.09. The lowest BCUT2D eigenvalue weighted by Gasteiger charge is -2.37. The topological polar surface area (TPSA) is 35.6 Å². The third kappa shape index (κ3) is 4.19. The fourth-order valence-corrected chi connectivity index (χ4v) is 3.03. The van der Waals surface area contributed by atoms with Gasteiger partial charge in [0, 0.05) is 12.6 Å². The Labute approximate surface area is 124 Å². The van der Waals surface area contributed by atoms with E-state index in [1.807, 2.05) is 0 Å². The highest BCUT2D eigenvalue weighted by molar-refractivity contribution is 5.84. The minimum absolute atomic E-state index is 0.00200. The SMILES string of the molecule is CCC1NC(CC(C)C)N(C(CN(C)C)C(C)C)C1=O. The van der Waals surface area contributed by atoms with Crippen molar-refractivity contribution in [2.45, 2.75) is 65.7 Å². The Morgan fingerprint density at radius 1 is 1.25 bits per heavy atom. The number of hydrogen-bond acceptors (Lipinski definition) is 3. The predicted octanol–water partition coefficient (Wildman–Crippen LogP) is 2.16. The highest BCUT2D eigenvalue weighted by Gasteiger charge is 2.42. The van der Waals surface area contributed by atoms with Crippen LogP contribution in [-0.4, -0.2) is 54.6 Å². The molecule has 1 heterocycles. The zero-order chi connectivity index (χ0) is 15.4. The Balaban J connectivity index is 2.96. The Morgan fingerprint density at radius 2 is 1.85 bits per heavy atom. The van der Waals surface area contributed by atoms with E-state index in [2.05, 4.69) is 63.8 Å². The van der Waals surface area contributed by atoms with Crippen molar-refractivity contribution >= 4 is 5.91 Å². The number of likely N-dealkylation sites (N-methyl/N-ethyl adjacent to an activating group) is 1. The van der Waals surface area contributed by atoms with Gasteiger partial charge in [0.25, 0.3) is 0 Å². The van der Waals surface area contributed by atoms with Gasteiger partial charge in [-0.2, -0.15) is 0 Å². The third-order valence-corrected chi connectivity index (χ3v) is 4.06. The van der Waals surface area contributed by atoms with Crippen LogP contribution in [0.4, 0.5) is 0 Å². The zero-order valence-corrected chi connectivity index (χ0v) is 14.3. The van der Waals surface area contributed by atoms with Gasteiger partial charge in [0.2, 0.25) is 5.91 Å². The van der Waals surface area contributed by atoms with Crippen LogP contribution in [0.2, 0.25) is 0 Å². The summed E-state index contributed by atoms with van der Waals surface area (Å²) in [6.45, 7) is 11.9. The molecule has 0 aliphatic carbocycles. The molecule has 1 N–H and O–H groups in total. The van der Waals surface area contributed by atoms with Crippen molar-refractivity contribution < 1.29 is 4.79 Å². The normalized spacial score (nSPS) is 25.3. The summed E-state index contributed by atoms with van der Waals surface area (Å²) >= 11 is 0. The molecule has 0 radical (unpaired) electrons. The summed E-state index contributed by atoms with van der Waals surface area (Å²) in [6, 6.07) is 0.285. The number of hydrogen-bond donors (Lipinski definition) is 1. The van der Waals surface area contributed by atoms with Gasteiger partial charge in [-0.05, 0) is 38.8 Å². The number of amides is 1. The molecule has 0 aromatic heterocycles. The molecule has 0 bridgehead atoms. The number of nitrogens with zero attached hydrogens (tertiary/aromatic N) is 2. The molecule has 118 valence electrons. The number of rotatable bonds is 7. The van der Waals surface area contributed by atoms with Gasteiger partial charge in [0.05, 0.1) is 12.2 Å². The number of carbonyl (C=O) groups excluding carboxylic acids is 1. The lowest BCUT2D eigenvalue weighted by Crippen LogP contribution is -2.51. The van der Waals surface area contributed by atoms with E-state index in [1.54, 1.807) is 0 Å². The lowest BCUT2D eigenvalue weighted by molar-refractivity contribution is -0.133. The van der Waals surface area contributed by atoms with Gasteiger partial charge < -0.3 is 9.80 Å². The van der Waals surface area contributed by atoms with Crippen molar-refractivity contribution in [2.24, 2.45) is 11.8 Å². The van der Waals surface area contributed by atoms with Crippen LogP contribution in [-0.2, 0) is 4.79 Å². The third-order valence-electron chi connectivity index (χ3n) is 4.06. The maximum atomic E-state index is 12.7. The van der Waals surface area contributed by atoms with Crippen LogP contribution in [0, 0.1) is 11.8 Å². The molecule has 0 aromatic carbocycles. The van der Waals surface area contributed by atoms with Gasteiger partial charge in [-0.1, -0.05) is 34.6 Å². The molecule has 3 unspecified atom stereocenters. The van der Waals surface area contributed by atoms with E-state index < -0.39 is 0 Å². The zero-order valence-electron chi connectivity index (χ0n) is 14.3. The molecule has 1 aliphatic rings. The predicted molar refractivity (Wildman–Crippen MR) is 84.5 cm³/mol. The molecule has 20 heavy (non-hydrogen) atoms. The molecule has 1 saturated heterocycles. The molecule has 1 fully saturated rings. The van der Waals surface area contributed by atoms with E-state index in [1.165, 1.54) is 0 Å². The maximum absolute atomic E-state index is 12.7. The largest absolute Gasteiger partial charge is 0.321 e. The molecule has 1 aliphatic heterocycles. The van der Waals surface area contributed by atoms with Crippen molar-refractivity contribution in [1.82, 2.24) is 15.1 Å². The summed E-state index contributed by atoms with van der Waals surface area (Å²) in [5.41, 5.74) is 0. The van der Waals surface area contributed by atoms with Gasteiger partial charge in [0.1, 0.15) is 0 Å². The minimum Gasteiger partial charge on any atom is -0.321 e. The van der Waals surface area contributed by atoms with Gasteiger partial charge in [-0.25, -0.2) is 0 Å². The van der Waals surface area contributed by atoms with Crippen LogP contribution < -0.4 is 5.32 Å². The Bertz CT molecular complexity index is 315. The van der Waals surface area contributed by atoms with Crippen molar-refractivity contribution in [3.05, 3.63) is 0 Å². The van der Waals surface area contributed by atoms with Crippen LogP contribution in [0.25, 0.3) is 0 Å². The van der Waals surface area contributed by atoms with Crippen molar-refractivity contribution in [3.8, 4) is 0 Å². The van der Waals surface area contributed by atoms with Crippen molar-refractivity contribution in [2.75, 3.05) is 20.6 Å². The first-order chi connectivity index (χ1) is 9.27. The molecule has 0 saturated carbocycles. The fourth-order valence-electron chi connectivity index (χ4n) is 3.03. The van der Waals surface area contributed by atoms with E-state index in [-0.39, 0.29) is 18.2 Å². The molecular formula is C16H33N3O. The Hall–Kier alpha value is -0.610. The first kappa shape index (κ1) is 17.4. The molecule has 3 atom stereocenters. The molecule has 4 heteroatoms. The Kier molecular flexibility index (Phi) is 6.46. The van der Waals surface area contributed by atoms with E-state index in [0.717, 1.165) is 19.4 Å². The van der Waals surface area contributed by atoms with Gasteiger partial charge >= 0.3 is 0 Å². The highest BCUT2D eigenvalue weighted by atomic mass is 16.2. The molecular weight excluding hydrogens is 250 g/mol. The number of carbonyl (C=O) groups is 1. The summed E-state index contributed by atoms with van der Waals surface area (Å²) < 4.78 is 0. The summed E-state index contributed by atoms with van der Waals surface area (Å²) in [5.74, 6) is 1.35. The average molecular weight is 283 g/mol. The van der Waals surface area contributed by atoms with E-state index in [0.29, 0.717) is 17.7 Å². The summed E-state index contributed by atoms with van der Waals surface area (Å²) in [5, 5.41) is 3.54. The van der Waals surface area contributed by atoms with Gasteiger partial charge in [-0.3, -0.25) is 10.1 Å². The van der Waals surface area contributed by atoms with Crippen LogP contribution >= 0.6 is 0 Å². The molecule has 0 spiro atoms. The van der Waals surface area contributed by atoms with Gasteiger partial charge in [0.15, 0.2) is 0 Å². The second-order valence-electron chi connectivity index (χ2n) is 7.09. The van der Waals surface area contributed by atoms with Crippen LogP contribution in [0.3, 0.4) is 0 Å². The summed E-state index contributed by atoms with van der Waals surface area (Å²) in [4.78, 5) is 17.0. The van der Waals surface area contributed by atoms with Crippen molar-refractivity contribution in [1.29, 1.82) is 0 Å². The smallest absolute Gasteiger partial charge is 0.241 e. The molecule has 1 rings (SSSR count). The van der Waals surface area contributed by atoms with Crippen LogP contribution in [0.5, 0.6) is 0 Å². The standard InChI is InChI=1S/C16H33N3O/c1-8-13-16(20)19(15(17-13)9-11(2)3)14(12(4)5)10-18(6)7/h11-15,17H,8-10H2,1-7H3. The monoisotopic (exact) mass is 283 g/mol. The first-order valence-corrected chi connectivity index (χ1v) is 8.00. The number of nitrogens with one attached hydrogen (secondary N) is 1. The lowest BCUT2D eigenvalue weighted by atomic mass is 9.99. The van der Waals surface area contributed by atoms with Gasteiger partial charge in [-0.15, -0.1) is 0 Å². The molecule has 1 amide bonds. The van der Waals surface area contributed by atoms with E-state index >= 15 is 0 Å².